The normalized spacial score (nSPS) is 13.2. The number of esters is 3. The number of rotatable bonds is 52. The molecule has 0 aromatic carbocycles. The largest absolute Gasteiger partial charge is 0.462 e. The first-order valence-electron chi connectivity index (χ1n) is 29.8. The van der Waals surface area contributed by atoms with Gasteiger partial charge in [-0.2, -0.15) is 0 Å². The number of hydrogen-bond acceptors (Lipinski definition) is 6. The van der Waals surface area contributed by atoms with Gasteiger partial charge in [-0.3, -0.25) is 14.4 Å². The van der Waals surface area contributed by atoms with E-state index in [1.165, 1.54) is 38.5 Å². The zero-order valence-electron chi connectivity index (χ0n) is 47.5. The number of allylic oxidation sites excluding steroid dienone is 24. The van der Waals surface area contributed by atoms with E-state index in [1.54, 1.807) is 0 Å². The van der Waals surface area contributed by atoms with Crippen LogP contribution in [0.4, 0.5) is 0 Å². The molecule has 6 nitrogen and oxygen atoms in total. The van der Waals surface area contributed by atoms with Crippen molar-refractivity contribution in [2.24, 2.45) is 0 Å². The Kier molecular flexibility index (Phi) is 57.0. The Morgan fingerprint density at radius 3 is 0.838 bits per heavy atom. The monoisotopic (exact) mass is 1020 g/mol. The summed E-state index contributed by atoms with van der Waals surface area (Å²) in [6.07, 6.45) is 87.1. The molecule has 0 aliphatic carbocycles. The van der Waals surface area contributed by atoms with Crippen LogP contribution in [0.2, 0.25) is 0 Å². The van der Waals surface area contributed by atoms with E-state index >= 15 is 0 Å². The van der Waals surface area contributed by atoms with Crippen molar-refractivity contribution < 1.29 is 28.6 Å². The predicted molar refractivity (Wildman–Crippen MR) is 320 cm³/mol. The molecule has 416 valence electrons. The van der Waals surface area contributed by atoms with Crippen molar-refractivity contribution in [3.8, 4) is 0 Å². The van der Waals surface area contributed by atoms with Crippen molar-refractivity contribution in [2.45, 2.75) is 252 Å². The molecule has 0 aromatic heterocycles. The van der Waals surface area contributed by atoms with Crippen LogP contribution in [-0.2, 0) is 28.6 Å². The van der Waals surface area contributed by atoms with Crippen LogP contribution in [0.3, 0.4) is 0 Å². The standard InChI is InChI=1S/C68H108O6/c1-4-7-10-13-16-19-22-24-26-28-29-30-31-32-33-34-35-36-37-38-39-41-42-44-46-49-52-55-58-61-67(70)73-64-65(63-72-66(69)60-57-54-51-48-21-18-15-12-9-6-3)74-68(71)62-59-56-53-50-47-45-43-40-27-25-23-20-17-14-11-8-5-2/h7-8,10-12,15-17,19-20,24-27,29-30,32-33,35-36,38-39,43,45,65H,4-6,9,13-14,18,21-23,28,31,34,37,40-42,44,46-64H2,1-3H3/b10-7-,11-8-,15-12-,19-16-,20-17-,26-24-,27-25-,30-29-,33-32-,36-35-,39-38-,45-43-. The summed E-state index contributed by atoms with van der Waals surface area (Å²) in [6, 6.07) is 0. The van der Waals surface area contributed by atoms with E-state index in [0.717, 1.165) is 167 Å². The molecule has 0 heterocycles. The van der Waals surface area contributed by atoms with Crippen molar-refractivity contribution in [2.75, 3.05) is 13.2 Å². The Balaban J connectivity index is 4.33. The summed E-state index contributed by atoms with van der Waals surface area (Å²) >= 11 is 0. The zero-order valence-corrected chi connectivity index (χ0v) is 47.5. The molecule has 0 radical (unpaired) electrons. The number of carbonyl (C=O) groups excluding carboxylic acids is 3. The Morgan fingerprint density at radius 2 is 0.527 bits per heavy atom. The highest BCUT2D eigenvalue weighted by molar-refractivity contribution is 5.71. The lowest BCUT2D eigenvalue weighted by atomic mass is 10.1. The number of unbranched alkanes of at least 4 members (excludes halogenated alkanes) is 17. The minimum atomic E-state index is -0.805. The molecule has 0 amide bonds. The third kappa shape index (κ3) is 58.2. The SMILES string of the molecule is CC/C=C\C/C=C\C/C=C\C/C=C\C/C=C\C/C=C\C/C=C\CCCCCCCCCC(=O)OCC(COC(=O)CCCCCCC/C=C\CCC)OC(=O)CCCCCC/C=C\C/C=C\C/C=C\C/C=C\CC. The summed E-state index contributed by atoms with van der Waals surface area (Å²) in [7, 11) is 0. The Bertz CT molecular complexity index is 1640. The maximum Gasteiger partial charge on any atom is 0.306 e. The number of ether oxygens (including phenoxy) is 3. The molecule has 0 saturated heterocycles. The minimum Gasteiger partial charge on any atom is -0.462 e. The molecule has 74 heavy (non-hydrogen) atoms. The molecule has 0 saturated carbocycles. The second-order valence-corrected chi connectivity index (χ2v) is 19.1. The van der Waals surface area contributed by atoms with Crippen molar-refractivity contribution in [1.29, 1.82) is 0 Å². The molecule has 0 bridgehead atoms. The first-order chi connectivity index (χ1) is 36.5. The van der Waals surface area contributed by atoms with Gasteiger partial charge in [-0.1, -0.05) is 237 Å². The fraction of sp³-hybridized carbons (Fsp3) is 0.603. The Hall–Kier alpha value is -4.71. The average Bonchev–Trinajstić information content (AvgIpc) is 3.40. The summed E-state index contributed by atoms with van der Waals surface area (Å²) < 4.78 is 16.8. The predicted octanol–water partition coefficient (Wildman–Crippen LogP) is 20.4. The van der Waals surface area contributed by atoms with Gasteiger partial charge < -0.3 is 14.2 Å². The molecule has 1 unspecified atom stereocenters. The second-order valence-electron chi connectivity index (χ2n) is 19.1. The van der Waals surface area contributed by atoms with E-state index < -0.39 is 6.10 Å². The van der Waals surface area contributed by atoms with Gasteiger partial charge in [0.25, 0.3) is 0 Å². The molecule has 0 aliphatic rings. The number of hydrogen-bond donors (Lipinski definition) is 0. The third-order valence-corrected chi connectivity index (χ3v) is 12.0. The van der Waals surface area contributed by atoms with Crippen LogP contribution >= 0.6 is 0 Å². The molecule has 0 rings (SSSR count). The van der Waals surface area contributed by atoms with E-state index in [2.05, 4.69) is 167 Å². The van der Waals surface area contributed by atoms with Crippen molar-refractivity contribution in [3.05, 3.63) is 146 Å². The fourth-order valence-corrected chi connectivity index (χ4v) is 7.65. The van der Waals surface area contributed by atoms with Gasteiger partial charge in [0.1, 0.15) is 13.2 Å². The van der Waals surface area contributed by atoms with Crippen LogP contribution in [0, 0.1) is 0 Å². The van der Waals surface area contributed by atoms with Gasteiger partial charge in [0, 0.05) is 19.3 Å². The first kappa shape index (κ1) is 69.3. The quantitative estimate of drug-likeness (QED) is 0.0261. The Morgan fingerprint density at radius 1 is 0.284 bits per heavy atom. The van der Waals surface area contributed by atoms with E-state index in [4.69, 9.17) is 14.2 Å². The fourth-order valence-electron chi connectivity index (χ4n) is 7.65. The van der Waals surface area contributed by atoms with Crippen molar-refractivity contribution >= 4 is 17.9 Å². The molecular formula is C68H108O6. The molecule has 1 atom stereocenters. The summed E-state index contributed by atoms with van der Waals surface area (Å²) in [6.45, 7) is 6.30. The molecule has 0 aromatic rings. The van der Waals surface area contributed by atoms with Gasteiger partial charge in [0.2, 0.25) is 0 Å². The lowest BCUT2D eigenvalue weighted by Crippen LogP contribution is -2.30. The van der Waals surface area contributed by atoms with Crippen LogP contribution in [0.15, 0.2) is 146 Å². The number of carbonyl (C=O) groups is 3. The van der Waals surface area contributed by atoms with Crippen molar-refractivity contribution in [1.82, 2.24) is 0 Å². The summed E-state index contributed by atoms with van der Waals surface area (Å²) in [5, 5.41) is 0. The maximum atomic E-state index is 12.8. The Labute approximate surface area is 455 Å². The summed E-state index contributed by atoms with van der Waals surface area (Å²) in [5.41, 5.74) is 0. The topological polar surface area (TPSA) is 78.9 Å². The highest BCUT2D eigenvalue weighted by atomic mass is 16.6. The maximum absolute atomic E-state index is 12.8. The highest BCUT2D eigenvalue weighted by Gasteiger charge is 2.19. The van der Waals surface area contributed by atoms with Gasteiger partial charge in [0.15, 0.2) is 6.10 Å². The van der Waals surface area contributed by atoms with Crippen molar-refractivity contribution in [3.63, 3.8) is 0 Å². The average molecular weight is 1020 g/mol. The van der Waals surface area contributed by atoms with Gasteiger partial charge in [-0.05, 0) is 135 Å². The lowest BCUT2D eigenvalue weighted by Gasteiger charge is -2.18. The third-order valence-electron chi connectivity index (χ3n) is 12.0. The molecule has 0 fully saturated rings. The van der Waals surface area contributed by atoms with E-state index in [1.807, 2.05) is 0 Å². The molecule has 6 heteroatoms. The van der Waals surface area contributed by atoms with Gasteiger partial charge >= 0.3 is 17.9 Å². The van der Waals surface area contributed by atoms with E-state index in [9.17, 15) is 14.4 Å². The molecule has 0 spiro atoms. The van der Waals surface area contributed by atoms with E-state index in [0.29, 0.717) is 19.3 Å². The summed E-state index contributed by atoms with van der Waals surface area (Å²) in [4.78, 5) is 38.1. The molecular weight excluding hydrogens is 913 g/mol. The van der Waals surface area contributed by atoms with Gasteiger partial charge in [-0.15, -0.1) is 0 Å². The zero-order chi connectivity index (χ0) is 53.6. The van der Waals surface area contributed by atoms with Crippen LogP contribution < -0.4 is 0 Å². The van der Waals surface area contributed by atoms with E-state index in [-0.39, 0.29) is 31.1 Å². The van der Waals surface area contributed by atoms with Gasteiger partial charge in [0.05, 0.1) is 0 Å². The smallest absolute Gasteiger partial charge is 0.306 e. The van der Waals surface area contributed by atoms with Crippen LogP contribution in [0.25, 0.3) is 0 Å². The lowest BCUT2D eigenvalue weighted by molar-refractivity contribution is -0.167. The highest BCUT2D eigenvalue weighted by Crippen LogP contribution is 2.14. The first-order valence-corrected chi connectivity index (χ1v) is 29.8. The second kappa shape index (κ2) is 60.8. The van der Waals surface area contributed by atoms with Crippen LogP contribution in [-0.4, -0.2) is 37.2 Å². The van der Waals surface area contributed by atoms with Gasteiger partial charge in [-0.25, -0.2) is 0 Å². The summed E-state index contributed by atoms with van der Waals surface area (Å²) in [5.74, 6) is -0.953. The van der Waals surface area contributed by atoms with Crippen LogP contribution in [0.1, 0.15) is 245 Å². The minimum absolute atomic E-state index is 0.101. The molecule has 0 N–H and O–H groups in total. The van der Waals surface area contributed by atoms with Crippen LogP contribution in [0.5, 0.6) is 0 Å². The molecule has 0 aliphatic heterocycles.